The Kier molecular flexibility index (Phi) is 4.06. The summed E-state index contributed by atoms with van der Waals surface area (Å²) >= 11 is 6.12. The van der Waals surface area contributed by atoms with E-state index in [9.17, 15) is 4.79 Å². The number of carbonyl (C=O) groups is 1. The summed E-state index contributed by atoms with van der Waals surface area (Å²) in [6.45, 7) is 2.00. The van der Waals surface area contributed by atoms with E-state index in [-0.39, 0.29) is 11.9 Å². The minimum atomic E-state index is -0.151. The lowest BCUT2D eigenvalue weighted by atomic mass is 10.00. The van der Waals surface area contributed by atoms with Crippen molar-refractivity contribution in [3.05, 3.63) is 94.0 Å². The Bertz CT molecular complexity index is 964. The smallest absolute Gasteiger partial charge is 0.253 e. The number of rotatable bonds is 3. The average molecular weight is 348 g/mol. The molecule has 0 aliphatic heterocycles. The summed E-state index contributed by atoms with van der Waals surface area (Å²) < 4.78 is 0. The highest BCUT2D eigenvalue weighted by atomic mass is 35.5. The number of amides is 1. The Hall–Kier alpha value is -2.58. The molecule has 0 spiro atoms. The highest BCUT2D eigenvalue weighted by Gasteiger charge is 2.20. The van der Waals surface area contributed by atoms with Gasteiger partial charge in [-0.2, -0.15) is 0 Å². The molecule has 0 bridgehead atoms. The van der Waals surface area contributed by atoms with E-state index >= 15 is 0 Å². The van der Waals surface area contributed by atoms with E-state index in [0.29, 0.717) is 10.6 Å². The Morgan fingerprint density at radius 1 is 0.960 bits per heavy atom. The molecule has 1 aliphatic rings. The van der Waals surface area contributed by atoms with E-state index in [1.165, 1.54) is 22.3 Å². The van der Waals surface area contributed by atoms with Crippen molar-refractivity contribution in [2.45, 2.75) is 19.4 Å². The van der Waals surface area contributed by atoms with E-state index in [4.69, 9.17) is 11.6 Å². The van der Waals surface area contributed by atoms with Gasteiger partial charge in [0.05, 0.1) is 16.6 Å². The van der Waals surface area contributed by atoms with Gasteiger partial charge >= 0.3 is 0 Å². The van der Waals surface area contributed by atoms with Gasteiger partial charge in [-0.1, -0.05) is 66.2 Å². The van der Waals surface area contributed by atoms with Gasteiger partial charge in [0.15, 0.2) is 0 Å². The van der Waals surface area contributed by atoms with Gasteiger partial charge in [0.1, 0.15) is 0 Å². The predicted molar refractivity (Wildman–Crippen MR) is 102 cm³/mol. The van der Waals surface area contributed by atoms with Crippen molar-refractivity contribution in [2.24, 2.45) is 0 Å². The lowest BCUT2D eigenvalue weighted by Gasteiger charge is -2.16. The zero-order chi connectivity index (χ0) is 17.4. The normalized spacial score (nSPS) is 13.0. The quantitative estimate of drug-likeness (QED) is 0.528. The fourth-order valence-electron chi connectivity index (χ4n) is 3.44. The molecule has 25 heavy (non-hydrogen) atoms. The Balaban J connectivity index is 1.56. The monoisotopic (exact) mass is 347 g/mol. The van der Waals surface area contributed by atoms with Crippen LogP contribution < -0.4 is 5.32 Å². The fourth-order valence-corrected chi connectivity index (χ4v) is 3.66. The zero-order valence-corrected chi connectivity index (χ0v) is 14.7. The van der Waals surface area contributed by atoms with Crippen molar-refractivity contribution in [3.63, 3.8) is 0 Å². The standard InChI is InChI=1S/C22H18ClNO/c1-14(24-22(25)20-8-4-5-9-21(20)23)15-10-11-19-17(12-15)13-16-6-2-3-7-18(16)19/h2-12,14H,13H2,1H3,(H,24,25)/t14-/m1/s1. The zero-order valence-electron chi connectivity index (χ0n) is 13.9. The molecule has 0 radical (unpaired) electrons. The Labute approximate surface area is 152 Å². The van der Waals surface area contributed by atoms with Gasteiger partial charge in [-0.25, -0.2) is 0 Å². The van der Waals surface area contributed by atoms with Crippen LogP contribution in [0.25, 0.3) is 11.1 Å². The SMILES string of the molecule is C[C@@H](NC(=O)c1ccccc1Cl)c1ccc2c(c1)Cc1ccccc1-2. The number of benzene rings is 3. The molecular formula is C22H18ClNO. The topological polar surface area (TPSA) is 29.1 Å². The Morgan fingerprint density at radius 3 is 2.52 bits per heavy atom. The second-order valence-electron chi connectivity index (χ2n) is 6.43. The molecule has 0 fully saturated rings. The summed E-state index contributed by atoms with van der Waals surface area (Å²) in [5.74, 6) is -0.151. The highest BCUT2D eigenvalue weighted by molar-refractivity contribution is 6.33. The maximum Gasteiger partial charge on any atom is 0.253 e. The van der Waals surface area contributed by atoms with Crippen LogP contribution in [0.4, 0.5) is 0 Å². The molecule has 4 rings (SSSR count). The minimum absolute atomic E-state index is 0.0854. The molecule has 0 unspecified atom stereocenters. The summed E-state index contributed by atoms with van der Waals surface area (Å²) in [6.07, 6.45) is 0.949. The minimum Gasteiger partial charge on any atom is -0.345 e. The van der Waals surface area contributed by atoms with Crippen LogP contribution in [0.2, 0.25) is 5.02 Å². The van der Waals surface area contributed by atoms with Gasteiger partial charge in [-0.3, -0.25) is 4.79 Å². The van der Waals surface area contributed by atoms with Crippen LogP contribution in [0, 0.1) is 0 Å². The summed E-state index contributed by atoms with van der Waals surface area (Å²) in [5, 5.41) is 3.51. The second-order valence-corrected chi connectivity index (χ2v) is 6.83. The van der Waals surface area contributed by atoms with Crippen LogP contribution in [0.5, 0.6) is 0 Å². The molecule has 1 amide bonds. The molecular weight excluding hydrogens is 330 g/mol. The Morgan fingerprint density at radius 2 is 1.68 bits per heavy atom. The van der Waals surface area contributed by atoms with Crippen molar-refractivity contribution in [1.82, 2.24) is 5.32 Å². The molecule has 0 saturated heterocycles. The third-order valence-corrected chi connectivity index (χ3v) is 5.11. The molecule has 1 aliphatic carbocycles. The van der Waals surface area contributed by atoms with Gasteiger partial charge in [0, 0.05) is 0 Å². The first kappa shape index (κ1) is 15.9. The highest BCUT2D eigenvalue weighted by Crippen LogP contribution is 2.37. The number of hydrogen-bond donors (Lipinski definition) is 1. The number of halogens is 1. The second kappa shape index (κ2) is 6.38. The maximum absolute atomic E-state index is 12.5. The van der Waals surface area contributed by atoms with E-state index in [2.05, 4.69) is 47.8 Å². The maximum atomic E-state index is 12.5. The molecule has 3 aromatic rings. The summed E-state index contributed by atoms with van der Waals surface area (Å²) in [7, 11) is 0. The molecule has 1 N–H and O–H groups in total. The van der Waals surface area contributed by atoms with E-state index in [1.54, 1.807) is 12.1 Å². The van der Waals surface area contributed by atoms with E-state index in [1.807, 2.05) is 19.1 Å². The summed E-state index contributed by atoms with van der Waals surface area (Å²) in [6, 6.07) is 22.0. The number of nitrogens with one attached hydrogen (secondary N) is 1. The fraction of sp³-hybridized carbons (Fsp3) is 0.136. The van der Waals surface area contributed by atoms with Crippen molar-refractivity contribution in [3.8, 4) is 11.1 Å². The molecule has 2 nitrogen and oxygen atoms in total. The molecule has 3 aromatic carbocycles. The molecule has 124 valence electrons. The lowest BCUT2D eigenvalue weighted by Crippen LogP contribution is -2.26. The van der Waals surface area contributed by atoms with Gasteiger partial charge in [0.25, 0.3) is 5.91 Å². The van der Waals surface area contributed by atoms with Crippen molar-refractivity contribution in [2.75, 3.05) is 0 Å². The first-order valence-corrected chi connectivity index (χ1v) is 8.78. The number of hydrogen-bond acceptors (Lipinski definition) is 1. The molecule has 3 heteroatoms. The van der Waals surface area contributed by atoms with Crippen molar-refractivity contribution in [1.29, 1.82) is 0 Å². The van der Waals surface area contributed by atoms with E-state index < -0.39 is 0 Å². The molecule has 0 saturated carbocycles. The molecule has 1 atom stereocenters. The van der Waals surface area contributed by atoms with Crippen LogP contribution in [0.3, 0.4) is 0 Å². The third-order valence-electron chi connectivity index (χ3n) is 4.78. The van der Waals surface area contributed by atoms with Gasteiger partial charge < -0.3 is 5.32 Å². The number of carbonyl (C=O) groups excluding carboxylic acids is 1. The lowest BCUT2D eigenvalue weighted by molar-refractivity contribution is 0.0940. The first-order valence-electron chi connectivity index (χ1n) is 8.40. The van der Waals surface area contributed by atoms with Gasteiger partial charge in [0.2, 0.25) is 0 Å². The van der Waals surface area contributed by atoms with Crippen molar-refractivity contribution < 1.29 is 4.79 Å². The first-order chi connectivity index (χ1) is 12.1. The third kappa shape index (κ3) is 2.94. The molecule has 0 aromatic heterocycles. The van der Waals surface area contributed by atoms with Crippen LogP contribution in [-0.2, 0) is 6.42 Å². The molecule has 0 heterocycles. The van der Waals surface area contributed by atoms with E-state index in [0.717, 1.165) is 12.0 Å². The van der Waals surface area contributed by atoms with Gasteiger partial charge in [-0.05, 0) is 53.3 Å². The number of fused-ring (bicyclic) bond motifs is 3. The van der Waals surface area contributed by atoms with Crippen molar-refractivity contribution >= 4 is 17.5 Å². The van der Waals surface area contributed by atoms with Crippen LogP contribution in [-0.4, -0.2) is 5.91 Å². The summed E-state index contributed by atoms with van der Waals surface area (Å²) in [5.41, 5.74) is 6.90. The average Bonchev–Trinajstić information content (AvgIpc) is 2.99. The van der Waals surface area contributed by atoms with Gasteiger partial charge in [-0.15, -0.1) is 0 Å². The largest absolute Gasteiger partial charge is 0.345 e. The predicted octanol–water partition coefficient (Wildman–Crippen LogP) is 5.40. The van der Waals surface area contributed by atoms with Crippen LogP contribution in [0.15, 0.2) is 66.7 Å². The van der Waals surface area contributed by atoms with Crippen LogP contribution >= 0.6 is 11.6 Å². The summed E-state index contributed by atoms with van der Waals surface area (Å²) in [4.78, 5) is 12.5. The van der Waals surface area contributed by atoms with Crippen LogP contribution in [0.1, 0.15) is 40.0 Å².